The Kier molecular flexibility index (Phi) is 4.83. The molecule has 0 aliphatic heterocycles. The largest absolute Gasteiger partial charge is 0.416 e. The number of alkyl halides is 3. The number of hydrogen-bond acceptors (Lipinski definition) is 1. The lowest BCUT2D eigenvalue weighted by Crippen LogP contribution is -2.13. The summed E-state index contributed by atoms with van der Waals surface area (Å²) < 4.78 is 36.7. The second-order valence-electron chi connectivity index (χ2n) is 3.19. The highest BCUT2D eigenvalue weighted by Crippen LogP contribution is 2.28. The van der Waals surface area contributed by atoms with Gasteiger partial charge in [-0.25, -0.2) is 0 Å². The quantitative estimate of drug-likeness (QED) is 0.805. The Morgan fingerprint density at radius 2 is 1.81 bits per heavy atom. The normalized spacial score (nSPS) is 12.2. The summed E-state index contributed by atoms with van der Waals surface area (Å²) in [5.74, 6) is 0. The van der Waals surface area contributed by atoms with E-state index in [9.17, 15) is 13.2 Å². The highest BCUT2D eigenvalue weighted by molar-refractivity contribution is 6.25. The van der Waals surface area contributed by atoms with Crippen LogP contribution in [0.3, 0.4) is 0 Å². The maximum absolute atomic E-state index is 12.2. The fourth-order valence-corrected chi connectivity index (χ4v) is 1.25. The molecule has 1 nitrogen and oxygen atoms in total. The van der Waals surface area contributed by atoms with Crippen molar-refractivity contribution < 1.29 is 13.2 Å². The second kappa shape index (κ2) is 5.92. The van der Waals surface area contributed by atoms with Gasteiger partial charge in [0.25, 0.3) is 0 Å². The molecule has 0 amide bonds. The Labute approximate surface area is 96.9 Å². The first-order valence-corrected chi connectivity index (χ1v) is 5.10. The molecular formula is C11H11ClF3N. The molecule has 0 heterocycles. The predicted octanol–water partition coefficient (Wildman–Crippen LogP) is 3.55. The highest BCUT2D eigenvalue weighted by Gasteiger charge is 2.29. The van der Waals surface area contributed by atoms with Gasteiger partial charge in [-0.2, -0.15) is 13.2 Å². The summed E-state index contributed by atoms with van der Waals surface area (Å²) in [6.45, 7) is 1.10. The lowest BCUT2D eigenvalue weighted by atomic mass is 10.1. The first kappa shape index (κ1) is 13.1. The van der Waals surface area contributed by atoms with E-state index in [-0.39, 0.29) is 0 Å². The van der Waals surface area contributed by atoms with Gasteiger partial charge in [-0.15, -0.1) is 0 Å². The molecule has 1 aromatic rings. The van der Waals surface area contributed by atoms with Crippen molar-refractivity contribution in [2.75, 3.05) is 6.54 Å². The molecule has 0 aromatic heterocycles. The predicted molar refractivity (Wildman–Crippen MR) is 58.1 cm³/mol. The minimum Gasteiger partial charge on any atom is -0.309 e. The summed E-state index contributed by atoms with van der Waals surface area (Å²) in [4.78, 5) is 0. The van der Waals surface area contributed by atoms with Gasteiger partial charge in [0.05, 0.1) is 5.56 Å². The average molecular weight is 250 g/mol. The fraction of sp³-hybridized carbons (Fsp3) is 0.273. The van der Waals surface area contributed by atoms with Crippen molar-refractivity contribution in [2.45, 2.75) is 12.7 Å². The maximum atomic E-state index is 12.2. The van der Waals surface area contributed by atoms with Gasteiger partial charge in [0, 0.05) is 18.6 Å². The van der Waals surface area contributed by atoms with Gasteiger partial charge in [0.2, 0.25) is 0 Å². The molecule has 0 aliphatic rings. The number of nitrogens with one attached hydrogen (secondary N) is 1. The number of hydrogen-bond donors (Lipinski definition) is 1. The lowest BCUT2D eigenvalue weighted by Gasteiger charge is -2.07. The topological polar surface area (TPSA) is 12.0 Å². The van der Waals surface area contributed by atoms with Crippen LogP contribution in [0.4, 0.5) is 13.2 Å². The smallest absolute Gasteiger partial charge is 0.309 e. The minimum atomic E-state index is -4.27. The Hall–Kier alpha value is -1.00. The van der Waals surface area contributed by atoms with Crippen molar-refractivity contribution >= 4 is 11.6 Å². The molecule has 0 saturated carbocycles. The monoisotopic (exact) mass is 249 g/mol. The van der Waals surface area contributed by atoms with Crippen molar-refractivity contribution in [3.63, 3.8) is 0 Å². The average Bonchev–Trinajstić information content (AvgIpc) is 2.24. The summed E-state index contributed by atoms with van der Waals surface area (Å²) >= 11 is 5.31. The van der Waals surface area contributed by atoms with Crippen molar-refractivity contribution in [3.8, 4) is 0 Å². The van der Waals surface area contributed by atoms with Gasteiger partial charge in [0.15, 0.2) is 0 Å². The molecule has 5 heteroatoms. The van der Waals surface area contributed by atoms with Crippen LogP contribution >= 0.6 is 11.6 Å². The molecule has 88 valence electrons. The van der Waals surface area contributed by atoms with Crippen LogP contribution in [0, 0.1) is 0 Å². The molecule has 0 bridgehead atoms. The number of halogens is 4. The fourth-order valence-electron chi connectivity index (χ4n) is 1.16. The van der Waals surface area contributed by atoms with E-state index in [2.05, 4.69) is 5.32 Å². The Morgan fingerprint density at radius 3 is 2.31 bits per heavy atom. The van der Waals surface area contributed by atoms with Crippen molar-refractivity contribution in [1.29, 1.82) is 0 Å². The first-order valence-electron chi connectivity index (χ1n) is 4.66. The summed E-state index contributed by atoms with van der Waals surface area (Å²) in [6.07, 6.45) is -2.56. The summed E-state index contributed by atoms with van der Waals surface area (Å²) in [6, 6.07) is 5.07. The van der Waals surface area contributed by atoms with Crippen LogP contribution in [-0.2, 0) is 12.7 Å². The van der Waals surface area contributed by atoms with E-state index in [1.807, 2.05) is 0 Å². The Morgan fingerprint density at radius 1 is 1.19 bits per heavy atom. The molecule has 1 N–H and O–H groups in total. The SMILES string of the molecule is FC(F)(F)c1ccc(CNC/C=C/Cl)cc1. The van der Waals surface area contributed by atoms with Crippen molar-refractivity contribution in [2.24, 2.45) is 0 Å². The number of rotatable bonds is 4. The molecule has 1 rings (SSSR count). The van der Waals surface area contributed by atoms with Crippen LogP contribution in [0.1, 0.15) is 11.1 Å². The summed E-state index contributed by atoms with van der Waals surface area (Å²) in [5, 5.41) is 3.01. The molecule has 0 fully saturated rings. The molecule has 0 aliphatic carbocycles. The number of benzene rings is 1. The van der Waals surface area contributed by atoms with Crippen molar-refractivity contribution in [1.82, 2.24) is 5.32 Å². The minimum absolute atomic E-state index is 0.513. The molecule has 0 radical (unpaired) electrons. The molecule has 0 atom stereocenters. The van der Waals surface area contributed by atoms with E-state index in [0.717, 1.165) is 17.7 Å². The van der Waals surface area contributed by atoms with E-state index < -0.39 is 11.7 Å². The molecule has 0 saturated heterocycles. The van der Waals surface area contributed by atoms with Gasteiger partial charge in [-0.1, -0.05) is 29.8 Å². The van der Waals surface area contributed by atoms with Crippen molar-refractivity contribution in [3.05, 3.63) is 47.0 Å². The van der Waals surface area contributed by atoms with E-state index in [0.29, 0.717) is 13.1 Å². The zero-order chi connectivity index (χ0) is 12.0. The first-order chi connectivity index (χ1) is 7.54. The zero-order valence-corrected chi connectivity index (χ0v) is 9.15. The maximum Gasteiger partial charge on any atom is 0.416 e. The van der Waals surface area contributed by atoms with Gasteiger partial charge >= 0.3 is 6.18 Å². The van der Waals surface area contributed by atoms with Crippen LogP contribution in [0.15, 0.2) is 35.9 Å². The zero-order valence-electron chi connectivity index (χ0n) is 8.39. The van der Waals surface area contributed by atoms with Gasteiger partial charge < -0.3 is 5.32 Å². The third-order valence-corrected chi connectivity index (χ3v) is 2.14. The van der Waals surface area contributed by atoms with E-state index in [1.54, 1.807) is 6.08 Å². The third kappa shape index (κ3) is 4.24. The molecule has 0 unspecified atom stereocenters. The van der Waals surface area contributed by atoms with Gasteiger partial charge in [0.1, 0.15) is 0 Å². The standard InChI is InChI=1S/C11H11ClF3N/c12-6-1-7-16-8-9-2-4-10(5-3-9)11(13,14)15/h1-6,16H,7-8H2/b6-1+. The van der Waals surface area contributed by atoms with E-state index in [4.69, 9.17) is 11.6 Å². The summed E-state index contributed by atoms with van der Waals surface area (Å²) in [7, 11) is 0. The molecule has 1 aromatic carbocycles. The van der Waals surface area contributed by atoms with Gasteiger partial charge in [-0.05, 0) is 17.7 Å². The van der Waals surface area contributed by atoms with Gasteiger partial charge in [-0.3, -0.25) is 0 Å². The molecular weight excluding hydrogens is 239 g/mol. The van der Waals surface area contributed by atoms with Crippen LogP contribution in [-0.4, -0.2) is 6.54 Å². The lowest BCUT2D eigenvalue weighted by molar-refractivity contribution is -0.137. The Balaban J connectivity index is 2.52. The summed E-state index contributed by atoms with van der Waals surface area (Å²) in [5.41, 5.74) is 1.56. The second-order valence-corrected chi connectivity index (χ2v) is 3.44. The van der Waals surface area contributed by atoms with Crippen LogP contribution in [0.2, 0.25) is 0 Å². The van der Waals surface area contributed by atoms with E-state index in [1.165, 1.54) is 17.7 Å². The molecule has 16 heavy (non-hydrogen) atoms. The highest BCUT2D eigenvalue weighted by atomic mass is 35.5. The van der Waals surface area contributed by atoms with Crippen LogP contribution in [0.25, 0.3) is 0 Å². The third-order valence-electron chi connectivity index (χ3n) is 1.96. The Bertz CT molecular complexity index is 343. The molecule has 0 spiro atoms. The van der Waals surface area contributed by atoms with Crippen LogP contribution < -0.4 is 5.32 Å². The van der Waals surface area contributed by atoms with Crippen LogP contribution in [0.5, 0.6) is 0 Å². The van der Waals surface area contributed by atoms with E-state index >= 15 is 0 Å².